The zero-order valence-corrected chi connectivity index (χ0v) is 16.2. The molecule has 0 fully saturated rings. The smallest absolute Gasteiger partial charge is 0.430 e. The molecule has 0 aromatic heterocycles. The molecule has 2 rings (SSSR count). The van der Waals surface area contributed by atoms with Crippen LogP contribution in [0.1, 0.15) is 18.1 Å². The number of carboxylic acids is 1. The number of rotatable bonds is 8. The van der Waals surface area contributed by atoms with Crippen molar-refractivity contribution in [2.45, 2.75) is 31.4 Å². The average Bonchev–Trinajstić information content (AvgIpc) is 2.66. The number of aliphatic carboxylic acids is 1. The van der Waals surface area contributed by atoms with Gasteiger partial charge in [-0.25, -0.2) is 0 Å². The number of carbonyl (C=O) groups is 1. The molecule has 0 heterocycles. The first-order chi connectivity index (χ1) is 14.3. The highest BCUT2D eigenvalue weighted by atomic mass is 19.4. The van der Waals surface area contributed by atoms with Gasteiger partial charge in [0.15, 0.2) is 0 Å². The number of alkyl halides is 6. The van der Waals surface area contributed by atoms with Crippen molar-refractivity contribution in [2.24, 2.45) is 0 Å². The van der Waals surface area contributed by atoms with E-state index in [1.807, 2.05) is 0 Å². The van der Waals surface area contributed by atoms with Gasteiger partial charge >= 0.3 is 18.3 Å². The lowest BCUT2D eigenvalue weighted by Crippen LogP contribution is -2.53. The zero-order valence-electron chi connectivity index (χ0n) is 16.2. The Morgan fingerprint density at radius 1 is 0.935 bits per heavy atom. The number of aliphatic hydroxyl groups is 1. The number of anilines is 1. The van der Waals surface area contributed by atoms with Crippen LogP contribution in [0.4, 0.5) is 32.0 Å². The molecule has 2 N–H and O–H groups in total. The topological polar surface area (TPSA) is 70.0 Å². The van der Waals surface area contributed by atoms with E-state index in [1.165, 1.54) is 4.90 Å². The summed E-state index contributed by atoms with van der Waals surface area (Å²) in [5, 5.41) is 18.6. The normalized spacial score (nSPS) is 12.5. The molecule has 0 atom stereocenters. The van der Waals surface area contributed by atoms with E-state index in [4.69, 9.17) is 9.84 Å². The van der Waals surface area contributed by atoms with Gasteiger partial charge in [0.1, 0.15) is 12.3 Å². The van der Waals surface area contributed by atoms with Crippen LogP contribution in [0.5, 0.6) is 5.75 Å². The summed E-state index contributed by atoms with van der Waals surface area (Å²) in [6, 6.07) is 9.35. The first-order valence-corrected chi connectivity index (χ1v) is 8.94. The van der Waals surface area contributed by atoms with Crippen LogP contribution >= 0.6 is 0 Å². The van der Waals surface area contributed by atoms with Gasteiger partial charge < -0.3 is 19.8 Å². The van der Waals surface area contributed by atoms with Crippen molar-refractivity contribution in [3.63, 3.8) is 0 Å². The molecule has 0 aliphatic rings. The third-order valence-electron chi connectivity index (χ3n) is 4.40. The molecule has 0 spiro atoms. The van der Waals surface area contributed by atoms with Crippen LogP contribution in [-0.2, 0) is 16.9 Å². The second-order valence-corrected chi connectivity index (χ2v) is 6.58. The van der Waals surface area contributed by atoms with Crippen LogP contribution in [-0.4, -0.2) is 41.7 Å². The summed E-state index contributed by atoms with van der Waals surface area (Å²) in [6.45, 7) is 1.69. The number of hydrogen-bond donors (Lipinski definition) is 2. The largest absolute Gasteiger partial charge is 0.494 e. The Bertz CT molecular complexity index is 865. The maximum Gasteiger partial charge on any atom is 0.430 e. The summed E-state index contributed by atoms with van der Waals surface area (Å²) in [5.41, 5.74) is -5.78. The maximum absolute atomic E-state index is 13.0. The highest BCUT2D eigenvalue weighted by Gasteiger charge is 2.71. The molecule has 0 unspecified atom stereocenters. The first-order valence-electron chi connectivity index (χ1n) is 8.94. The summed E-state index contributed by atoms with van der Waals surface area (Å²) in [5.74, 6) is -0.670. The molecule has 0 saturated heterocycles. The zero-order chi connectivity index (χ0) is 23.4. The van der Waals surface area contributed by atoms with Gasteiger partial charge in [-0.3, -0.25) is 4.79 Å². The summed E-state index contributed by atoms with van der Waals surface area (Å²) in [6.07, 6.45) is -12.0. The van der Waals surface area contributed by atoms with Crippen LogP contribution < -0.4 is 9.64 Å². The number of ether oxygens (including phenoxy) is 1. The van der Waals surface area contributed by atoms with E-state index >= 15 is 0 Å². The van der Waals surface area contributed by atoms with Gasteiger partial charge in [0, 0.05) is 17.8 Å². The van der Waals surface area contributed by atoms with Crippen LogP contribution in [0.25, 0.3) is 0 Å². The predicted octanol–water partition coefficient (Wildman–Crippen LogP) is 4.49. The second kappa shape index (κ2) is 9.04. The standard InChI is InChI=1S/C20H19F6NO4/c1-2-31-16-9-3-13(4-10-16)11-27(12-17(28)29)15-7-5-14(6-8-15)18(30,19(21,22)23)20(24,25)26/h3-10,30H,2,11-12H2,1H3,(H,28,29). The quantitative estimate of drug-likeness (QED) is 0.579. The molecule has 170 valence electrons. The lowest BCUT2D eigenvalue weighted by atomic mass is 9.92. The van der Waals surface area contributed by atoms with Crippen molar-refractivity contribution < 1.29 is 46.1 Å². The van der Waals surface area contributed by atoms with Crippen molar-refractivity contribution in [2.75, 3.05) is 18.1 Å². The molecule has 0 aliphatic carbocycles. The number of benzene rings is 2. The van der Waals surface area contributed by atoms with Crippen molar-refractivity contribution in [1.82, 2.24) is 0 Å². The molecular weight excluding hydrogens is 432 g/mol. The molecule has 0 radical (unpaired) electrons. The third-order valence-corrected chi connectivity index (χ3v) is 4.40. The van der Waals surface area contributed by atoms with Gasteiger partial charge in [-0.05, 0) is 36.8 Å². The van der Waals surface area contributed by atoms with E-state index in [0.29, 0.717) is 30.1 Å². The minimum atomic E-state index is -6.00. The number of nitrogens with zero attached hydrogens (tertiary/aromatic N) is 1. The molecule has 5 nitrogen and oxygen atoms in total. The lowest BCUT2D eigenvalue weighted by Gasteiger charge is -2.33. The number of halogens is 6. The van der Waals surface area contributed by atoms with Gasteiger partial charge in [-0.2, -0.15) is 26.3 Å². The fourth-order valence-corrected chi connectivity index (χ4v) is 2.88. The molecule has 0 aliphatic heterocycles. The van der Waals surface area contributed by atoms with Gasteiger partial charge in [-0.1, -0.05) is 24.3 Å². The van der Waals surface area contributed by atoms with Crippen LogP contribution in [0.3, 0.4) is 0 Å². The Hall–Kier alpha value is -2.95. The van der Waals surface area contributed by atoms with Gasteiger partial charge in [0.05, 0.1) is 6.61 Å². The van der Waals surface area contributed by atoms with Crippen molar-refractivity contribution in [3.8, 4) is 5.75 Å². The Labute approximate surface area is 173 Å². The Balaban J connectivity index is 2.35. The van der Waals surface area contributed by atoms with E-state index in [9.17, 15) is 36.2 Å². The Morgan fingerprint density at radius 2 is 1.45 bits per heavy atom. The summed E-state index contributed by atoms with van der Waals surface area (Å²) >= 11 is 0. The number of carboxylic acid groups (broad SMARTS) is 1. The molecule has 31 heavy (non-hydrogen) atoms. The summed E-state index contributed by atoms with van der Waals surface area (Å²) in [7, 11) is 0. The average molecular weight is 451 g/mol. The van der Waals surface area contributed by atoms with Crippen molar-refractivity contribution >= 4 is 11.7 Å². The lowest BCUT2D eigenvalue weighted by molar-refractivity contribution is -0.376. The van der Waals surface area contributed by atoms with Gasteiger partial charge in [0.2, 0.25) is 0 Å². The van der Waals surface area contributed by atoms with E-state index < -0.39 is 36.0 Å². The summed E-state index contributed by atoms with van der Waals surface area (Å²) < 4.78 is 83.4. The van der Waals surface area contributed by atoms with Gasteiger partial charge in [0.25, 0.3) is 5.60 Å². The molecule has 11 heteroatoms. The predicted molar refractivity (Wildman–Crippen MR) is 98.7 cm³/mol. The SMILES string of the molecule is CCOc1ccc(CN(CC(=O)O)c2ccc(C(O)(C(F)(F)F)C(F)(F)F)cc2)cc1. The van der Waals surface area contributed by atoms with Crippen molar-refractivity contribution in [3.05, 3.63) is 59.7 Å². The van der Waals surface area contributed by atoms with Crippen LogP contribution in [0.15, 0.2) is 48.5 Å². The fourth-order valence-electron chi connectivity index (χ4n) is 2.88. The molecule has 0 amide bonds. The molecule has 2 aromatic carbocycles. The highest BCUT2D eigenvalue weighted by Crippen LogP contribution is 2.50. The highest BCUT2D eigenvalue weighted by molar-refractivity contribution is 5.73. The number of hydrogen-bond acceptors (Lipinski definition) is 4. The van der Waals surface area contributed by atoms with Gasteiger partial charge in [-0.15, -0.1) is 0 Å². The monoisotopic (exact) mass is 451 g/mol. The van der Waals surface area contributed by atoms with E-state index in [2.05, 4.69) is 0 Å². The third kappa shape index (κ3) is 5.40. The van der Waals surface area contributed by atoms with Crippen LogP contribution in [0, 0.1) is 0 Å². The molecular formula is C20H19F6NO4. The van der Waals surface area contributed by atoms with Crippen LogP contribution in [0.2, 0.25) is 0 Å². The van der Waals surface area contributed by atoms with E-state index in [0.717, 1.165) is 12.1 Å². The summed E-state index contributed by atoms with van der Waals surface area (Å²) in [4.78, 5) is 12.5. The fraction of sp³-hybridized carbons (Fsp3) is 0.350. The van der Waals surface area contributed by atoms with Crippen molar-refractivity contribution in [1.29, 1.82) is 0 Å². The first kappa shape index (κ1) is 24.3. The molecule has 0 saturated carbocycles. The molecule has 0 bridgehead atoms. The Morgan fingerprint density at radius 3 is 1.87 bits per heavy atom. The minimum Gasteiger partial charge on any atom is -0.494 e. The Kier molecular flexibility index (Phi) is 7.10. The molecule has 2 aromatic rings. The van der Waals surface area contributed by atoms with E-state index in [-0.39, 0.29) is 12.2 Å². The van der Waals surface area contributed by atoms with E-state index in [1.54, 1.807) is 31.2 Å². The second-order valence-electron chi connectivity index (χ2n) is 6.58. The maximum atomic E-state index is 13.0. The minimum absolute atomic E-state index is 0.0147.